The average Bonchev–Trinajstić information content (AvgIpc) is 2.87. The van der Waals surface area contributed by atoms with E-state index in [1.165, 1.54) is 27.0 Å². The molecule has 0 aliphatic carbocycles. The number of nitrogens with zero attached hydrogens (tertiary/aromatic N) is 2. The lowest BCUT2D eigenvalue weighted by Crippen LogP contribution is -2.23. The fourth-order valence-electron chi connectivity index (χ4n) is 3.80. The summed E-state index contributed by atoms with van der Waals surface area (Å²) in [5.41, 5.74) is 4.34. The molecule has 0 fully saturated rings. The first-order chi connectivity index (χ1) is 15.4. The van der Waals surface area contributed by atoms with Gasteiger partial charge in [-0.25, -0.2) is 0 Å². The van der Waals surface area contributed by atoms with Crippen LogP contribution in [0.4, 0.5) is 0 Å². The van der Waals surface area contributed by atoms with E-state index in [0.29, 0.717) is 0 Å². The van der Waals surface area contributed by atoms with Crippen LogP contribution in [-0.4, -0.2) is 9.97 Å². The minimum Gasteiger partial charge on any atom is -0.256 e. The molecule has 0 bridgehead atoms. The third-order valence-electron chi connectivity index (χ3n) is 5.19. The van der Waals surface area contributed by atoms with E-state index in [-0.39, 0.29) is 0 Å². The Labute approximate surface area is 184 Å². The van der Waals surface area contributed by atoms with Gasteiger partial charge >= 0.3 is 0 Å². The van der Waals surface area contributed by atoms with Crippen molar-refractivity contribution in [3.63, 3.8) is 0 Å². The highest BCUT2D eigenvalue weighted by molar-refractivity contribution is 7.80. The van der Waals surface area contributed by atoms with Crippen molar-refractivity contribution in [3.05, 3.63) is 128 Å². The molecule has 0 atom stereocenters. The fraction of sp³-hybridized carbons (Fsp3) is 0. The quantitative estimate of drug-likeness (QED) is 0.350. The molecule has 3 heteroatoms. The monoisotopic (exact) mass is 416 g/mol. The molecular weight excluding hydrogens is 395 g/mol. The smallest absolute Gasteiger partial charge is 0.0708 e. The Bertz CT molecular complexity index is 1190. The average molecular weight is 416 g/mol. The lowest BCUT2D eigenvalue weighted by molar-refractivity contribution is 1.33. The van der Waals surface area contributed by atoms with Crippen molar-refractivity contribution >= 4 is 23.8 Å². The van der Waals surface area contributed by atoms with Gasteiger partial charge in [0.2, 0.25) is 0 Å². The molecule has 0 amide bonds. The molecule has 0 radical (unpaired) electrons. The summed E-state index contributed by atoms with van der Waals surface area (Å²) in [6.45, 7) is 0. The van der Waals surface area contributed by atoms with E-state index in [1.807, 2.05) is 36.7 Å². The molecule has 2 heterocycles. The normalized spacial score (nSPS) is 10.9. The van der Waals surface area contributed by atoms with Crippen molar-refractivity contribution in [1.82, 2.24) is 9.97 Å². The molecule has 31 heavy (non-hydrogen) atoms. The summed E-state index contributed by atoms with van der Waals surface area (Å²) in [5, 5.41) is 3.90. The number of pyridine rings is 2. The molecule has 0 saturated carbocycles. The van der Waals surface area contributed by atoms with Crippen molar-refractivity contribution in [2.45, 2.75) is 0 Å². The molecule has 0 aliphatic rings. The largest absolute Gasteiger partial charge is 0.256 e. The van der Waals surface area contributed by atoms with Gasteiger partial charge in [0, 0.05) is 23.5 Å². The Balaban J connectivity index is 1.77. The van der Waals surface area contributed by atoms with Gasteiger partial charge < -0.3 is 0 Å². The second-order valence-corrected chi connectivity index (χ2v) is 9.29. The van der Waals surface area contributed by atoms with E-state index in [1.54, 1.807) is 0 Å². The van der Waals surface area contributed by atoms with Crippen LogP contribution in [0.2, 0.25) is 0 Å². The van der Waals surface area contributed by atoms with E-state index >= 15 is 0 Å². The minimum atomic E-state index is -0.815. The molecule has 2 nitrogen and oxygen atoms in total. The topological polar surface area (TPSA) is 25.8 Å². The molecule has 0 saturated heterocycles. The van der Waals surface area contributed by atoms with Crippen LogP contribution in [-0.2, 0) is 0 Å². The van der Waals surface area contributed by atoms with E-state index in [4.69, 9.17) is 0 Å². The standard InChI is InChI=1S/C28H21N2P/c1-2-12-22(13-3-1)31(27-18-6-4-14-23(27)25-16-8-10-20-29-25)28-19-7-5-15-24(28)26-17-9-11-21-30-26/h1-21H. The van der Waals surface area contributed by atoms with Crippen LogP contribution in [0.1, 0.15) is 0 Å². The molecule has 148 valence electrons. The Morgan fingerprint density at radius 1 is 0.419 bits per heavy atom. The maximum atomic E-state index is 4.66. The van der Waals surface area contributed by atoms with Crippen molar-refractivity contribution in [3.8, 4) is 22.5 Å². The highest BCUT2D eigenvalue weighted by atomic mass is 31.1. The van der Waals surface area contributed by atoms with Gasteiger partial charge in [-0.15, -0.1) is 0 Å². The molecule has 5 rings (SSSR count). The maximum Gasteiger partial charge on any atom is 0.0708 e. The first-order valence-electron chi connectivity index (χ1n) is 10.3. The first-order valence-corrected chi connectivity index (χ1v) is 11.6. The maximum absolute atomic E-state index is 4.66. The second kappa shape index (κ2) is 9.04. The SMILES string of the molecule is c1ccc(P(c2ccccc2-c2ccccn2)c2ccccc2-c2ccccn2)cc1. The first kappa shape index (κ1) is 19.4. The summed E-state index contributed by atoms with van der Waals surface area (Å²) in [5.74, 6) is 0. The molecular formula is C28H21N2P. The summed E-state index contributed by atoms with van der Waals surface area (Å²) in [6, 6.07) is 40.3. The third-order valence-corrected chi connectivity index (χ3v) is 7.74. The van der Waals surface area contributed by atoms with E-state index in [0.717, 1.165) is 11.4 Å². The zero-order valence-corrected chi connectivity index (χ0v) is 17.9. The molecule has 0 unspecified atom stereocenters. The summed E-state index contributed by atoms with van der Waals surface area (Å²) in [6.07, 6.45) is 3.72. The zero-order valence-electron chi connectivity index (χ0n) is 17.0. The van der Waals surface area contributed by atoms with Crippen LogP contribution >= 0.6 is 7.92 Å². The van der Waals surface area contributed by atoms with Crippen LogP contribution < -0.4 is 15.9 Å². The summed E-state index contributed by atoms with van der Waals surface area (Å²) >= 11 is 0. The molecule has 5 aromatic rings. The van der Waals surface area contributed by atoms with Crippen LogP contribution in [0.25, 0.3) is 22.5 Å². The number of rotatable bonds is 5. The van der Waals surface area contributed by atoms with Gasteiger partial charge in [0.1, 0.15) is 0 Å². The number of hydrogen-bond donors (Lipinski definition) is 0. The molecule has 3 aromatic carbocycles. The highest BCUT2D eigenvalue weighted by Gasteiger charge is 2.23. The van der Waals surface area contributed by atoms with Gasteiger partial charge in [0.15, 0.2) is 0 Å². The fourth-order valence-corrected chi connectivity index (χ4v) is 6.42. The summed E-state index contributed by atoms with van der Waals surface area (Å²) in [7, 11) is -0.815. The highest BCUT2D eigenvalue weighted by Crippen LogP contribution is 2.39. The minimum absolute atomic E-state index is 0.815. The number of aromatic nitrogens is 2. The lowest BCUT2D eigenvalue weighted by atomic mass is 10.1. The zero-order chi connectivity index (χ0) is 20.9. The van der Waals surface area contributed by atoms with Crippen LogP contribution in [0, 0.1) is 0 Å². The van der Waals surface area contributed by atoms with Gasteiger partial charge in [-0.3, -0.25) is 9.97 Å². The van der Waals surface area contributed by atoms with Gasteiger partial charge in [0.25, 0.3) is 0 Å². The number of hydrogen-bond acceptors (Lipinski definition) is 2. The summed E-state index contributed by atoms with van der Waals surface area (Å²) < 4.78 is 0. The van der Waals surface area contributed by atoms with Crippen LogP contribution in [0.3, 0.4) is 0 Å². The Hall–Kier alpha value is -3.61. The van der Waals surface area contributed by atoms with Crippen molar-refractivity contribution in [2.24, 2.45) is 0 Å². The van der Waals surface area contributed by atoms with Crippen molar-refractivity contribution in [2.75, 3.05) is 0 Å². The molecule has 0 spiro atoms. The predicted octanol–water partition coefficient (Wildman–Crippen LogP) is 5.57. The summed E-state index contributed by atoms with van der Waals surface area (Å²) in [4.78, 5) is 9.32. The van der Waals surface area contributed by atoms with E-state index < -0.39 is 7.92 Å². The predicted molar refractivity (Wildman–Crippen MR) is 132 cm³/mol. The van der Waals surface area contributed by atoms with Gasteiger partial charge in [-0.2, -0.15) is 0 Å². The van der Waals surface area contributed by atoms with Gasteiger partial charge in [-0.05, 0) is 48.1 Å². The molecule has 0 N–H and O–H groups in total. The number of benzene rings is 3. The van der Waals surface area contributed by atoms with Gasteiger partial charge in [-0.1, -0.05) is 91.0 Å². The van der Waals surface area contributed by atoms with Gasteiger partial charge in [0.05, 0.1) is 11.4 Å². The second-order valence-electron chi connectivity index (χ2n) is 7.14. The lowest BCUT2D eigenvalue weighted by Gasteiger charge is -2.24. The molecule has 2 aromatic heterocycles. The van der Waals surface area contributed by atoms with Crippen LogP contribution in [0.5, 0.6) is 0 Å². The van der Waals surface area contributed by atoms with Crippen molar-refractivity contribution in [1.29, 1.82) is 0 Å². The van der Waals surface area contributed by atoms with E-state index in [2.05, 4.69) is 101 Å². The Kier molecular flexibility index (Phi) is 5.64. The van der Waals surface area contributed by atoms with E-state index in [9.17, 15) is 0 Å². The third kappa shape index (κ3) is 4.03. The van der Waals surface area contributed by atoms with Crippen molar-refractivity contribution < 1.29 is 0 Å². The molecule has 0 aliphatic heterocycles. The van der Waals surface area contributed by atoms with Crippen LogP contribution in [0.15, 0.2) is 128 Å². The Morgan fingerprint density at radius 3 is 1.35 bits per heavy atom. The Morgan fingerprint density at radius 2 is 0.871 bits per heavy atom.